The lowest BCUT2D eigenvalue weighted by atomic mass is 9.90. The molecule has 0 radical (unpaired) electrons. The van der Waals surface area contributed by atoms with Crippen LogP contribution in [0.4, 0.5) is 35.1 Å². The lowest BCUT2D eigenvalue weighted by molar-refractivity contribution is -0.143. The van der Waals surface area contributed by atoms with Crippen LogP contribution in [0.1, 0.15) is 97.2 Å². The predicted octanol–water partition coefficient (Wildman–Crippen LogP) is 5.63. The smallest absolute Gasteiger partial charge is 0.282 e. The number of halogens is 8. The van der Waals surface area contributed by atoms with Gasteiger partial charge in [-0.1, -0.05) is 30.3 Å². The number of fused-ring (bicyclic) bond motifs is 3. The number of likely N-dealkylation sites (tertiary alicyclic amines) is 5. The van der Waals surface area contributed by atoms with Crippen molar-refractivity contribution >= 4 is 43.9 Å². The van der Waals surface area contributed by atoms with Gasteiger partial charge in [-0.15, -0.1) is 0 Å². The van der Waals surface area contributed by atoms with Crippen LogP contribution in [-0.4, -0.2) is 262 Å². The molecule has 8 N–H and O–H groups in total. The molecule has 0 bridgehead atoms. The van der Waals surface area contributed by atoms with Gasteiger partial charge in [0, 0.05) is 169 Å². The molecule has 12 heterocycles. The summed E-state index contributed by atoms with van der Waals surface area (Å²) < 4.78 is 187. The summed E-state index contributed by atoms with van der Waals surface area (Å²) in [5, 5.41) is 0. The van der Waals surface area contributed by atoms with Gasteiger partial charge < -0.3 is 41.9 Å². The number of piperidine rings is 1. The predicted molar refractivity (Wildman–Crippen MR) is 412 cm³/mol. The average molecular weight is 1680 g/mol. The van der Waals surface area contributed by atoms with E-state index in [0.29, 0.717) is 129 Å². The number of carbonyl (C=O) groups excluding carboxylic acids is 4. The van der Waals surface area contributed by atoms with E-state index in [0.717, 1.165) is 122 Å². The number of benzene rings is 5. The fourth-order valence-corrected chi connectivity index (χ4v) is 21.5. The third kappa shape index (κ3) is 18.0. The minimum Gasteiger partial charge on any atom is -0.370 e. The lowest BCUT2D eigenvalue weighted by Gasteiger charge is -2.39. The highest BCUT2D eigenvalue weighted by molar-refractivity contribution is 7.88. The second-order valence-electron chi connectivity index (χ2n) is 33.8. The number of ether oxygens (including phenoxy) is 4. The minimum atomic E-state index is -3.42. The van der Waals surface area contributed by atoms with Gasteiger partial charge in [-0.3, -0.25) is 48.6 Å². The first-order chi connectivity index (χ1) is 55.7. The molecule has 10 saturated heterocycles. The first kappa shape index (κ1) is 84.9. The zero-order chi connectivity index (χ0) is 83.0. The van der Waals surface area contributed by atoms with Crippen molar-refractivity contribution in [1.82, 2.24) is 42.3 Å². The van der Waals surface area contributed by atoms with Crippen molar-refractivity contribution in [3.8, 4) is 0 Å². The molecule has 117 heavy (non-hydrogen) atoms. The van der Waals surface area contributed by atoms with Crippen LogP contribution < -0.4 is 22.9 Å². The summed E-state index contributed by atoms with van der Waals surface area (Å²) in [5.41, 5.74) is 28.8. The van der Waals surface area contributed by atoms with Crippen molar-refractivity contribution in [2.24, 2.45) is 58.4 Å². The Morgan fingerprint density at radius 2 is 0.761 bits per heavy atom. The zero-order valence-corrected chi connectivity index (χ0v) is 67.0. The minimum absolute atomic E-state index is 0.0385. The maximum atomic E-state index is 14.2. The van der Waals surface area contributed by atoms with Crippen molar-refractivity contribution in [3.63, 3.8) is 0 Å². The van der Waals surface area contributed by atoms with Crippen molar-refractivity contribution in [2.75, 3.05) is 125 Å². The van der Waals surface area contributed by atoms with E-state index in [4.69, 9.17) is 41.9 Å². The number of hydrogen-bond donors (Lipinski definition) is 4. The highest BCUT2D eigenvalue weighted by atomic mass is 32.2. The van der Waals surface area contributed by atoms with Gasteiger partial charge in [0.05, 0.1) is 62.9 Å². The van der Waals surface area contributed by atoms with Gasteiger partial charge in [0.15, 0.2) is 0 Å². The van der Waals surface area contributed by atoms with E-state index in [1.165, 1.54) is 38.8 Å². The molecule has 18 rings (SSSR count). The largest absolute Gasteiger partial charge is 0.370 e. The Hall–Kier alpha value is -7.14. The first-order valence-corrected chi connectivity index (χ1v) is 43.3. The SMILES string of the molecule is CN(C)S(=O)(=O)N1CC2=C(CN([C@H]3CO[C@H](c4cc(F)ccc4F)[C@@H](N)C3)C2)C1.CS(=O)(=O)N1CCC2CN([C@H]3CO[C@H](c4cc(F)ccc4F)[C@@H](N)C3)CC2C1.N[C@H]1C[C@@H](N2CC3C(=O)N(C4CC4)C(=O)C3C2)CO[C@@H]1c1cc(F)ccc1F.N[C@H]1C[C@@H](N2CC3C(=O)N(Cc4ccccc4)C(=O)C3C2)CO[C@@H]1c1cc(F)ccc1F. The highest BCUT2D eigenvalue weighted by Gasteiger charge is 2.58. The summed E-state index contributed by atoms with van der Waals surface area (Å²) in [6.45, 7) is 8.69. The van der Waals surface area contributed by atoms with Crippen LogP contribution >= 0.6 is 0 Å². The Bertz CT molecular complexity index is 4750. The molecule has 4 amide bonds. The lowest BCUT2D eigenvalue weighted by Crippen LogP contribution is -2.50. The maximum absolute atomic E-state index is 14.2. The van der Waals surface area contributed by atoms with Gasteiger partial charge in [0.25, 0.3) is 10.2 Å². The molecule has 25 nitrogen and oxygen atoms in total. The molecule has 0 aromatic heterocycles. The van der Waals surface area contributed by atoms with Crippen molar-refractivity contribution in [2.45, 2.75) is 130 Å². The monoisotopic (exact) mass is 1680 g/mol. The molecule has 0 spiro atoms. The molecule has 634 valence electrons. The Morgan fingerprint density at radius 3 is 1.11 bits per heavy atom. The Labute approximate surface area is 675 Å². The highest BCUT2D eigenvalue weighted by Crippen LogP contribution is 2.45. The summed E-state index contributed by atoms with van der Waals surface area (Å²) >= 11 is 0. The van der Waals surface area contributed by atoms with E-state index < -0.39 is 115 Å². The Morgan fingerprint density at radius 1 is 0.410 bits per heavy atom. The van der Waals surface area contributed by atoms with E-state index in [2.05, 4.69) is 19.6 Å². The van der Waals surface area contributed by atoms with Gasteiger partial charge in [-0.05, 0) is 146 Å². The van der Waals surface area contributed by atoms with E-state index in [9.17, 15) is 71.1 Å². The fourth-order valence-electron chi connectivity index (χ4n) is 19.5. The number of carbonyl (C=O) groups is 4. The number of sulfonamides is 1. The van der Waals surface area contributed by atoms with Gasteiger partial charge in [-0.25, -0.2) is 47.8 Å². The van der Waals surface area contributed by atoms with Crippen LogP contribution in [0.25, 0.3) is 0 Å². The number of nitrogens with two attached hydrogens (primary N) is 4. The van der Waals surface area contributed by atoms with Gasteiger partial charge in [0.2, 0.25) is 33.7 Å². The van der Waals surface area contributed by atoms with Crippen LogP contribution in [0.2, 0.25) is 0 Å². The Kier molecular flexibility index (Phi) is 25.2. The van der Waals surface area contributed by atoms with Crippen LogP contribution in [-0.2, 0) is 64.9 Å². The first-order valence-electron chi connectivity index (χ1n) is 40.1. The van der Waals surface area contributed by atoms with E-state index in [-0.39, 0.29) is 106 Å². The number of imide groups is 2. The maximum Gasteiger partial charge on any atom is 0.282 e. The second kappa shape index (κ2) is 34.8. The summed E-state index contributed by atoms with van der Waals surface area (Å²) in [6.07, 6.45) is 3.49. The van der Waals surface area contributed by atoms with Crippen LogP contribution in [0.3, 0.4) is 0 Å². The molecular formula is C82H101F8N13O12S2. The summed E-state index contributed by atoms with van der Waals surface area (Å²) in [7, 11) is -3.51. The molecule has 12 aliphatic heterocycles. The van der Waals surface area contributed by atoms with Crippen LogP contribution in [0.5, 0.6) is 0 Å². The molecule has 6 unspecified atom stereocenters. The van der Waals surface area contributed by atoms with Crippen LogP contribution in [0, 0.1) is 82.0 Å². The molecule has 5 aromatic carbocycles. The van der Waals surface area contributed by atoms with Gasteiger partial charge in [0.1, 0.15) is 71.0 Å². The molecule has 1 aliphatic carbocycles. The van der Waals surface area contributed by atoms with Gasteiger partial charge >= 0.3 is 0 Å². The number of hydrogen-bond acceptors (Lipinski definition) is 20. The van der Waals surface area contributed by atoms with Crippen LogP contribution in [0.15, 0.2) is 114 Å². The fraction of sp³-hybridized carbons (Fsp3) is 0.561. The third-order valence-corrected chi connectivity index (χ3v) is 29.0. The normalized spacial score (nSPS) is 32.7. The number of rotatable bonds is 14. The standard InChI is InChI=1S/C24H25F2N3O3.C20H23F2N3O3.C19H26F2N4O3S.C19H27F2N3O3S/c25-15-6-7-20(26)17(8-15)22-21(27)9-16(13-32-22)28-11-18-19(12-28)24(31)29(23(18)30)10-14-4-2-1-3-5-14;21-10-1-4-16(22)13(5-10)18-17(23)6-12(9-28-18)24-7-14-15(8-24)20(27)25(19(14)26)11-2-3-11;1-23(2)29(26,27)25-9-12-7-24(8-13(12)10-25)15-6-18(22)19(28-11-15)16-5-14(20)3-4-17(16)21;1-28(25,26)24-5-4-12-8-23(9-13(12)10-24)15-7-18(22)19(27-11-15)16-6-14(20)2-3-17(16)21/h1-8,16,18-19,21-22H,9-13,27H2;1,4-5,11-12,14-15,17-18H,2-3,6-9,23H2;3-5,15,18-19H,6-11,22H2,1-2H3;2-3,6,12-13,15,18-19H,4-5,7-11,22H2,1H3/t16-,18?,19?,21+,22-;12-,14?,15?,17+,18-;15-,18+,19-;12?,13?,15-,18+,19-/m1111/s1. The Balaban J connectivity index is 0.000000122. The summed E-state index contributed by atoms with van der Waals surface area (Å²) in [5.74, 6) is -5.02. The van der Waals surface area contributed by atoms with E-state index in [1.54, 1.807) is 4.31 Å². The molecule has 11 fully saturated rings. The molecule has 18 atom stereocenters. The second-order valence-corrected chi connectivity index (χ2v) is 37.9. The molecule has 5 aromatic rings. The number of nitrogens with zero attached hydrogens (tertiary/aromatic N) is 9. The summed E-state index contributed by atoms with van der Waals surface area (Å²) in [4.78, 5) is 62.8. The third-order valence-electron chi connectivity index (χ3n) is 25.9. The van der Waals surface area contributed by atoms with E-state index >= 15 is 0 Å². The van der Waals surface area contributed by atoms with E-state index in [1.807, 2.05) is 30.3 Å². The van der Waals surface area contributed by atoms with Gasteiger partial charge in [-0.2, -0.15) is 17.0 Å². The molecule has 35 heteroatoms. The molecule has 1 saturated carbocycles. The topological polar surface area (TPSA) is 307 Å². The number of amides is 4. The van der Waals surface area contributed by atoms with Crippen molar-refractivity contribution < 1.29 is 90.1 Å². The quantitative estimate of drug-likeness (QED) is 0.0594. The molecule has 13 aliphatic rings. The van der Waals surface area contributed by atoms with Crippen molar-refractivity contribution in [3.05, 3.63) is 189 Å². The molecular weight excluding hydrogens is 1580 g/mol. The van der Waals surface area contributed by atoms with Crippen molar-refractivity contribution in [1.29, 1.82) is 0 Å². The summed E-state index contributed by atoms with van der Waals surface area (Å²) in [6, 6.07) is 21.0. The zero-order valence-electron chi connectivity index (χ0n) is 65.3. The average Bonchev–Trinajstić information content (AvgIpc) is 1.59.